The fraction of sp³-hybridized carbons (Fsp3) is 0.500. The summed E-state index contributed by atoms with van der Waals surface area (Å²) in [4.78, 5) is 26.0. The van der Waals surface area contributed by atoms with Gasteiger partial charge in [0.15, 0.2) is 0 Å². The maximum absolute atomic E-state index is 12.7. The fourth-order valence-electron chi connectivity index (χ4n) is 3.21. The van der Waals surface area contributed by atoms with Gasteiger partial charge in [0.2, 0.25) is 5.91 Å². The molecule has 0 aliphatic carbocycles. The second-order valence-corrected chi connectivity index (χ2v) is 7.94. The van der Waals surface area contributed by atoms with Gasteiger partial charge in [0.25, 0.3) is 0 Å². The molecule has 0 bridgehead atoms. The number of anilines is 1. The standard InChI is InChI=1S/C20H26N2O3/c1-13-5-9-17(22(12-13)19(24)25-20(2,3)4)15-6-8-16-14(11-15)7-10-18(23)21-16/h6,8-9,11,13H,5,7,10,12H2,1-4H3,(H,21,23)/t13-/m0/s1. The molecule has 0 radical (unpaired) electrons. The van der Waals surface area contributed by atoms with Gasteiger partial charge in [-0.1, -0.05) is 19.1 Å². The van der Waals surface area contributed by atoms with E-state index in [0.29, 0.717) is 18.9 Å². The van der Waals surface area contributed by atoms with Gasteiger partial charge in [-0.05, 0) is 62.8 Å². The number of nitrogens with one attached hydrogen (secondary N) is 1. The summed E-state index contributed by atoms with van der Waals surface area (Å²) in [6.45, 7) is 8.41. The zero-order valence-electron chi connectivity index (χ0n) is 15.4. The lowest BCUT2D eigenvalue weighted by atomic mass is 9.95. The van der Waals surface area contributed by atoms with Crippen molar-refractivity contribution < 1.29 is 14.3 Å². The average molecular weight is 342 g/mol. The summed E-state index contributed by atoms with van der Waals surface area (Å²) in [5, 5.41) is 2.90. The molecule has 0 saturated heterocycles. The lowest BCUT2D eigenvalue weighted by Gasteiger charge is -2.34. The number of ether oxygens (including phenoxy) is 1. The van der Waals surface area contributed by atoms with Crippen molar-refractivity contribution in [1.82, 2.24) is 4.90 Å². The van der Waals surface area contributed by atoms with Crippen molar-refractivity contribution in [3.05, 3.63) is 35.4 Å². The molecule has 1 atom stereocenters. The van der Waals surface area contributed by atoms with Crippen molar-refractivity contribution in [2.24, 2.45) is 5.92 Å². The smallest absolute Gasteiger partial charge is 0.414 e. The minimum atomic E-state index is -0.525. The Hall–Kier alpha value is -2.30. The van der Waals surface area contributed by atoms with Gasteiger partial charge in [-0.25, -0.2) is 4.79 Å². The number of nitrogens with zero attached hydrogens (tertiary/aromatic N) is 1. The molecule has 0 aromatic heterocycles. The van der Waals surface area contributed by atoms with E-state index in [1.54, 1.807) is 4.90 Å². The molecule has 5 nitrogen and oxygen atoms in total. The van der Waals surface area contributed by atoms with Gasteiger partial charge in [-0.3, -0.25) is 9.69 Å². The van der Waals surface area contributed by atoms with Crippen LogP contribution in [0.3, 0.4) is 0 Å². The van der Waals surface area contributed by atoms with Crippen LogP contribution in [0.1, 0.15) is 51.7 Å². The predicted molar refractivity (Wildman–Crippen MR) is 98.1 cm³/mol. The molecule has 134 valence electrons. The Morgan fingerprint density at radius 3 is 2.76 bits per heavy atom. The molecule has 1 N–H and O–H groups in total. The maximum atomic E-state index is 12.7. The van der Waals surface area contributed by atoms with Gasteiger partial charge in [0, 0.05) is 18.7 Å². The third-order valence-electron chi connectivity index (χ3n) is 4.41. The molecule has 0 spiro atoms. The Morgan fingerprint density at radius 2 is 2.04 bits per heavy atom. The number of allylic oxidation sites excluding steroid dienone is 1. The Bertz CT molecular complexity index is 731. The second kappa shape index (κ2) is 6.54. The molecule has 3 rings (SSSR count). The number of carbonyl (C=O) groups excluding carboxylic acids is 2. The summed E-state index contributed by atoms with van der Waals surface area (Å²) in [6.07, 6.45) is 3.97. The van der Waals surface area contributed by atoms with Crippen molar-refractivity contribution in [2.75, 3.05) is 11.9 Å². The first-order valence-corrected chi connectivity index (χ1v) is 8.87. The summed E-state index contributed by atoms with van der Waals surface area (Å²) in [5.74, 6) is 0.453. The third-order valence-corrected chi connectivity index (χ3v) is 4.41. The Balaban J connectivity index is 1.90. The topological polar surface area (TPSA) is 58.6 Å². The molecule has 2 amide bonds. The SMILES string of the molecule is C[C@H]1CC=C(c2ccc3c(c2)CCC(=O)N3)N(C(=O)OC(C)(C)C)C1. The highest BCUT2D eigenvalue weighted by molar-refractivity contribution is 5.94. The van der Waals surface area contributed by atoms with Gasteiger partial charge in [0.1, 0.15) is 5.60 Å². The van der Waals surface area contributed by atoms with E-state index >= 15 is 0 Å². The van der Waals surface area contributed by atoms with Crippen LogP contribution in [0, 0.1) is 5.92 Å². The fourth-order valence-corrected chi connectivity index (χ4v) is 3.21. The monoisotopic (exact) mass is 342 g/mol. The molecule has 0 saturated carbocycles. The number of rotatable bonds is 1. The molecule has 1 aromatic carbocycles. The highest BCUT2D eigenvalue weighted by Gasteiger charge is 2.29. The van der Waals surface area contributed by atoms with Gasteiger partial charge >= 0.3 is 6.09 Å². The zero-order valence-corrected chi connectivity index (χ0v) is 15.4. The van der Waals surface area contributed by atoms with Gasteiger partial charge in [-0.2, -0.15) is 0 Å². The molecule has 5 heteroatoms. The van der Waals surface area contributed by atoms with Gasteiger partial charge < -0.3 is 10.1 Å². The first-order valence-electron chi connectivity index (χ1n) is 8.87. The van der Waals surface area contributed by atoms with Crippen molar-refractivity contribution >= 4 is 23.4 Å². The van der Waals surface area contributed by atoms with E-state index in [1.165, 1.54) is 0 Å². The molecule has 0 unspecified atom stereocenters. The Labute approximate surface area is 149 Å². The van der Waals surface area contributed by atoms with Crippen LogP contribution in [-0.2, 0) is 16.0 Å². The van der Waals surface area contributed by atoms with Crippen LogP contribution in [0.25, 0.3) is 5.70 Å². The Morgan fingerprint density at radius 1 is 1.28 bits per heavy atom. The first-order chi connectivity index (χ1) is 11.7. The van der Waals surface area contributed by atoms with Crippen molar-refractivity contribution in [3.8, 4) is 0 Å². The van der Waals surface area contributed by atoms with E-state index in [1.807, 2.05) is 32.9 Å². The number of aryl methyl sites for hydroxylation is 1. The largest absolute Gasteiger partial charge is 0.443 e. The molecule has 2 aliphatic heterocycles. The number of fused-ring (bicyclic) bond motifs is 1. The summed E-state index contributed by atoms with van der Waals surface area (Å²) in [5.41, 5.74) is 3.34. The first kappa shape index (κ1) is 17.5. The minimum absolute atomic E-state index is 0.0568. The van der Waals surface area contributed by atoms with E-state index in [4.69, 9.17) is 4.74 Å². The lowest BCUT2D eigenvalue weighted by Crippen LogP contribution is -2.39. The van der Waals surface area contributed by atoms with Crippen LogP contribution in [-0.4, -0.2) is 29.0 Å². The van der Waals surface area contributed by atoms with Crippen molar-refractivity contribution in [1.29, 1.82) is 0 Å². The summed E-state index contributed by atoms with van der Waals surface area (Å²) in [7, 11) is 0. The van der Waals surface area contributed by atoms with Crippen LogP contribution in [0.4, 0.5) is 10.5 Å². The maximum Gasteiger partial charge on any atom is 0.414 e. The van der Waals surface area contributed by atoms with E-state index in [-0.39, 0.29) is 12.0 Å². The second-order valence-electron chi connectivity index (χ2n) is 7.94. The van der Waals surface area contributed by atoms with Crippen LogP contribution >= 0.6 is 0 Å². The summed E-state index contributed by atoms with van der Waals surface area (Å²) >= 11 is 0. The lowest BCUT2D eigenvalue weighted by molar-refractivity contribution is -0.116. The number of amides is 2. The van der Waals surface area contributed by atoms with Gasteiger partial charge in [0.05, 0.1) is 5.70 Å². The van der Waals surface area contributed by atoms with Gasteiger partial charge in [-0.15, -0.1) is 0 Å². The molecule has 1 aromatic rings. The number of hydrogen-bond acceptors (Lipinski definition) is 3. The summed E-state index contributed by atoms with van der Waals surface area (Å²) in [6, 6.07) is 5.96. The average Bonchev–Trinajstić information content (AvgIpc) is 2.52. The molecule has 25 heavy (non-hydrogen) atoms. The molecular formula is C20H26N2O3. The molecule has 2 heterocycles. The van der Waals surface area contributed by atoms with E-state index in [0.717, 1.165) is 35.4 Å². The minimum Gasteiger partial charge on any atom is -0.443 e. The highest BCUT2D eigenvalue weighted by atomic mass is 16.6. The number of carbonyl (C=O) groups is 2. The van der Waals surface area contributed by atoms with E-state index < -0.39 is 5.60 Å². The van der Waals surface area contributed by atoms with Crippen LogP contribution in [0.5, 0.6) is 0 Å². The molecular weight excluding hydrogens is 316 g/mol. The van der Waals surface area contributed by atoms with Crippen LogP contribution < -0.4 is 5.32 Å². The highest BCUT2D eigenvalue weighted by Crippen LogP contribution is 2.32. The molecule has 0 fully saturated rings. The Kier molecular flexibility index (Phi) is 4.58. The van der Waals surface area contributed by atoms with Crippen LogP contribution in [0.2, 0.25) is 0 Å². The quantitative estimate of drug-likeness (QED) is 0.832. The van der Waals surface area contributed by atoms with Crippen LogP contribution in [0.15, 0.2) is 24.3 Å². The third kappa shape index (κ3) is 4.03. The molecule has 2 aliphatic rings. The number of hydrogen-bond donors (Lipinski definition) is 1. The normalized spacial score (nSPS) is 20.5. The van der Waals surface area contributed by atoms with Crippen molar-refractivity contribution in [3.63, 3.8) is 0 Å². The zero-order chi connectivity index (χ0) is 18.2. The van der Waals surface area contributed by atoms with Crippen molar-refractivity contribution in [2.45, 2.75) is 52.6 Å². The van der Waals surface area contributed by atoms with E-state index in [2.05, 4.69) is 24.4 Å². The summed E-state index contributed by atoms with van der Waals surface area (Å²) < 4.78 is 5.59. The number of benzene rings is 1. The predicted octanol–water partition coefficient (Wildman–Crippen LogP) is 4.19. The van der Waals surface area contributed by atoms with E-state index in [9.17, 15) is 9.59 Å².